The van der Waals surface area contributed by atoms with E-state index < -0.39 is 0 Å². The number of piperidine rings is 1. The van der Waals surface area contributed by atoms with E-state index in [-0.39, 0.29) is 0 Å². The molecular formula is C19H19N3O. The van der Waals surface area contributed by atoms with Crippen LogP contribution in [0.1, 0.15) is 12.8 Å². The molecular weight excluding hydrogens is 286 g/mol. The maximum atomic E-state index is 5.98. The molecule has 0 spiro atoms. The highest BCUT2D eigenvalue weighted by Crippen LogP contribution is 2.18. The van der Waals surface area contributed by atoms with Crippen molar-refractivity contribution in [2.24, 2.45) is 10.2 Å². The van der Waals surface area contributed by atoms with Crippen LogP contribution < -0.4 is 5.36 Å². The highest BCUT2D eigenvalue weighted by Gasteiger charge is 2.11. The van der Waals surface area contributed by atoms with Crippen LogP contribution in [-0.4, -0.2) is 30.7 Å². The van der Waals surface area contributed by atoms with E-state index in [2.05, 4.69) is 22.2 Å². The van der Waals surface area contributed by atoms with Gasteiger partial charge in [0.1, 0.15) is 16.5 Å². The molecule has 1 aromatic heterocycles. The second-order valence-corrected chi connectivity index (χ2v) is 6.01. The predicted octanol–water partition coefficient (Wildman–Crippen LogP) is 3.57. The summed E-state index contributed by atoms with van der Waals surface area (Å²) in [7, 11) is 2.15. The number of hydrogen-bond acceptors (Lipinski definition) is 4. The number of hydrogen-bond donors (Lipinski definition) is 0. The Hall–Kier alpha value is -2.46. The molecule has 1 saturated heterocycles. The molecule has 0 amide bonds. The molecule has 4 heteroatoms. The molecule has 23 heavy (non-hydrogen) atoms. The van der Waals surface area contributed by atoms with Crippen LogP contribution >= 0.6 is 0 Å². The normalized spacial score (nSPS) is 16.0. The molecule has 116 valence electrons. The first kappa shape index (κ1) is 14.2. The van der Waals surface area contributed by atoms with Gasteiger partial charge in [-0.2, -0.15) is 5.10 Å². The maximum Gasteiger partial charge on any atom is 0.136 e. The third kappa shape index (κ3) is 2.78. The quantitative estimate of drug-likeness (QED) is 0.509. The predicted molar refractivity (Wildman–Crippen MR) is 93.4 cm³/mol. The van der Waals surface area contributed by atoms with Gasteiger partial charge in [0.2, 0.25) is 0 Å². The molecule has 0 radical (unpaired) electrons. The summed E-state index contributed by atoms with van der Waals surface area (Å²) in [6.45, 7) is 2.11. The number of fused-ring (bicyclic) bond motifs is 2. The zero-order valence-corrected chi connectivity index (χ0v) is 13.2. The van der Waals surface area contributed by atoms with Crippen LogP contribution in [0.4, 0.5) is 0 Å². The van der Waals surface area contributed by atoms with E-state index in [0.29, 0.717) is 0 Å². The van der Waals surface area contributed by atoms with E-state index in [4.69, 9.17) is 4.42 Å². The van der Waals surface area contributed by atoms with E-state index in [9.17, 15) is 0 Å². The molecule has 4 nitrogen and oxygen atoms in total. The molecule has 1 aliphatic heterocycles. The molecule has 0 aliphatic carbocycles. The lowest BCUT2D eigenvalue weighted by atomic mass is 10.1. The van der Waals surface area contributed by atoms with Gasteiger partial charge < -0.3 is 9.32 Å². The van der Waals surface area contributed by atoms with Crippen molar-refractivity contribution in [2.45, 2.75) is 12.8 Å². The molecule has 3 aromatic rings. The van der Waals surface area contributed by atoms with Gasteiger partial charge >= 0.3 is 0 Å². The van der Waals surface area contributed by atoms with Crippen LogP contribution in [-0.2, 0) is 0 Å². The van der Waals surface area contributed by atoms with Crippen LogP contribution in [0.3, 0.4) is 0 Å². The van der Waals surface area contributed by atoms with Gasteiger partial charge in [-0.1, -0.05) is 24.3 Å². The highest BCUT2D eigenvalue weighted by molar-refractivity contribution is 5.89. The Balaban J connectivity index is 1.92. The third-order valence-corrected chi connectivity index (χ3v) is 4.36. The fourth-order valence-electron chi connectivity index (χ4n) is 2.97. The Morgan fingerprint density at radius 3 is 2.00 bits per heavy atom. The lowest BCUT2D eigenvalue weighted by molar-refractivity contribution is 0.336. The van der Waals surface area contributed by atoms with Gasteiger partial charge in [0, 0.05) is 42.4 Å². The maximum absolute atomic E-state index is 5.98. The number of benzene rings is 2. The molecule has 2 aromatic carbocycles. The van der Waals surface area contributed by atoms with Gasteiger partial charge in [0.05, 0.1) is 0 Å². The molecule has 1 fully saturated rings. The van der Waals surface area contributed by atoms with E-state index in [1.807, 2.05) is 48.5 Å². The van der Waals surface area contributed by atoms with Crippen LogP contribution in [0.25, 0.3) is 21.9 Å². The molecule has 0 saturated carbocycles. The number of nitrogens with zero attached hydrogens (tertiary/aromatic N) is 3. The fraction of sp³-hybridized carbons (Fsp3) is 0.263. The summed E-state index contributed by atoms with van der Waals surface area (Å²) in [5, 5.41) is 12.1. The average molecular weight is 305 g/mol. The minimum absolute atomic E-state index is 0.841. The van der Waals surface area contributed by atoms with Crippen LogP contribution in [0, 0.1) is 0 Å². The second kappa shape index (κ2) is 5.97. The molecule has 0 bridgehead atoms. The summed E-state index contributed by atoms with van der Waals surface area (Å²) in [4.78, 5) is 2.32. The Morgan fingerprint density at radius 2 is 1.39 bits per heavy atom. The van der Waals surface area contributed by atoms with Crippen molar-refractivity contribution in [3.8, 4) is 0 Å². The SMILES string of the molecule is CN1CCC(=NN=c2c3ccccc3oc3ccccc23)CC1. The van der Waals surface area contributed by atoms with E-state index >= 15 is 0 Å². The molecule has 0 atom stereocenters. The second-order valence-electron chi connectivity index (χ2n) is 6.01. The first-order valence-electron chi connectivity index (χ1n) is 8.00. The van der Waals surface area contributed by atoms with Crippen molar-refractivity contribution >= 4 is 27.7 Å². The van der Waals surface area contributed by atoms with Gasteiger partial charge in [0.15, 0.2) is 0 Å². The zero-order chi connectivity index (χ0) is 15.6. The topological polar surface area (TPSA) is 41.1 Å². The smallest absolute Gasteiger partial charge is 0.136 e. The van der Waals surface area contributed by atoms with Gasteiger partial charge in [-0.3, -0.25) is 0 Å². The van der Waals surface area contributed by atoms with Crippen molar-refractivity contribution in [3.05, 3.63) is 53.9 Å². The summed E-state index contributed by atoms with van der Waals surface area (Å²) in [5.41, 5.74) is 2.86. The first-order valence-corrected chi connectivity index (χ1v) is 8.00. The lowest BCUT2D eigenvalue weighted by Gasteiger charge is -2.22. The Bertz CT molecular complexity index is 888. The lowest BCUT2D eigenvalue weighted by Crippen LogP contribution is -2.30. The number of likely N-dealkylation sites (tertiary alicyclic amines) is 1. The summed E-state index contributed by atoms with van der Waals surface area (Å²) >= 11 is 0. The molecule has 0 N–H and O–H groups in total. The molecule has 4 rings (SSSR count). The highest BCUT2D eigenvalue weighted by atomic mass is 16.3. The van der Waals surface area contributed by atoms with Crippen LogP contribution in [0.2, 0.25) is 0 Å². The van der Waals surface area contributed by atoms with Gasteiger partial charge in [0.25, 0.3) is 0 Å². The fourth-order valence-corrected chi connectivity index (χ4v) is 2.97. The summed E-state index contributed by atoms with van der Waals surface area (Å²) in [6, 6.07) is 16.0. The van der Waals surface area contributed by atoms with E-state index in [0.717, 1.165) is 53.2 Å². The van der Waals surface area contributed by atoms with Gasteiger partial charge in [-0.05, 0) is 31.3 Å². The van der Waals surface area contributed by atoms with E-state index in [1.165, 1.54) is 5.71 Å². The standard InChI is InChI=1S/C19H19N3O/c1-22-12-10-14(11-13-22)20-21-19-15-6-2-4-8-17(15)23-18-9-5-3-7-16(18)19/h2-9H,10-13H2,1H3. The monoisotopic (exact) mass is 305 g/mol. The summed E-state index contributed by atoms with van der Waals surface area (Å²) in [5.74, 6) is 0. The van der Waals surface area contributed by atoms with Gasteiger partial charge in [-0.15, -0.1) is 5.10 Å². The molecule has 0 unspecified atom stereocenters. The first-order chi connectivity index (χ1) is 11.3. The van der Waals surface area contributed by atoms with Crippen molar-refractivity contribution in [1.29, 1.82) is 0 Å². The average Bonchev–Trinajstić information content (AvgIpc) is 2.60. The Morgan fingerprint density at radius 1 is 0.826 bits per heavy atom. The zero-order valence-electron chi connectivity index (χ0n) is 13.2. The van der Waals surface area contributed by atoms with Crippen LogP contribution in [0.15, 0.2) is 63.2 Å². The largest absolute Gasteiger partial charge is 0.456 e. The summed E-state index contributed by atoms with van der Waals surface area (Å²) < 4.78 is 5.98. The van der Waals surface area contributed by atoms with Crippen molar-refractivity contribution in [3.63, 3.8) is 0 Å². The van der Waals surface area contributed by atoms with E-state index in [1.54, 1.807) is 0 Å². The third-order valence-electron chi connectivity index (χ3n) is 4.36. The number of rotatable bonds is 1. The van der Waals surface area contributed by atoms with Crippen LogP contribution in [0.5, 0.6) is 0 Å². The summed E-state index contributed by atoms with van der Waals surface area (Å²) in [6.07, 6.45) is 1.99. The number of para-hydroxylation sites is 2. The molecule has 1 aliphatic rings. The molecule has 2 heterocycles. The Kier molecular flexibility index (Phi) is 3.67. The van der Waals surface area contributed by atoms with Crippen molar-refractivity contribution in [1.82, 2.24) is 4.90 Å². The minimum Gasteiger partial charge on any atom is -0.456 e. The van der Waals surface area contributed by atoms with Crippen molar-refractivity contribution in [2.75, 3.05) is 20.1 Å². The van der Waals surface area contributed by atoms with Gasteiger partial charge in [-0.25, -0.2) is 0 Å². The minimum atomic E-state index is 0.841. The van der Waals surface area contributed by atoms with Crippen molar-refractivity contribution < 1.29 is 4.42 Å². The Labute approximate surface area is 134 Å².